The van der Waals surface area contributed by atoms with Crippen molar-refractivity contribution in [3.8, 4) is 11.6 Å². The summed E-state index contributed by atoms with van der Waals surface area (Å²) in [7, 11) is 2.15. The van der Waals surface area contributed by atoms with Gasteiger partial charge in [-0.1, -0.05) is 30.3 Å². The summed E-state index contributed by atoms with van der Waals surface area (Å²) >= 11 is 5.19. The summed E-state index contributed by atoms with van der Waals surface area (Å²) in [5, 5.41) is 8.23. The van der Waals surface area contributed by atoms with Crippen molar-refractivity contribution < 1.29 is 18.7 Å². The van der Waals surface area contributed by atoms with Gasteiger partial charge in [0.2, 0.25) is 11.8 Å². The van der Waals surface area contributed by atoms with Gasteiger partial charge >= 0.3 is 6.03 Å². The number of urea groups is 1. The molecule has 5 rings (SSSR count). The molecule has 3 N–H and O–H groups in total. The monoisotopic (exact) mass is 606 g/mol. The maximum atomic E-state index is 14.9. The number of nitrogens with zero attached hydrogens (tertiary/aromatic N) is 5. The highest BCUT2D eigenvalue weighted by atomic mass is 32.1. The number of hydrogen-bond donors (Lipinski definition) is 3. The summed E-state index contributed by atoms with van der Waals surface area (Å²) in [6.07, 6.45) is 3.28. The van der Waals surface area contributed by atoms with Crippen LogP contribution < -0.4 is 20.7 Å². The van der Waals surface area contributed by atoms with Crippen molar-refractivity contribution in [2.24, 2.45) is 0 Å². The van der Waals surface area contributed by atoms with E-state index in [1.165, 1.54) is 24.5 Å². The number of benzene rings is 2. The van der Waals surface area contributed by atoms with Gasteiger partial charge in [-0.3, -0.25) is 15.0 Å². The highest BCUT2D eigenvalue weighted by molar-refractivity contribution is 7.80. The Morgan fingerprint density at radius 1 is 0.977 bits per heavy atom. The first kappa shape index (κ1) is 30.3. The van der Waals surface area contributed by atoms with Crippen LogP contribution in [0.4, 0.5) is 20.7 Å². The third kappa shape index (κ3) is 8.66. The minimum atomic E-state index is -0.671. The number of carbonyl (C=O) groups excluding carboxylic acids is 2. The van der Waals surface area contributed by atoms with E-state index in [2.05, 4.69) is 42.8 Å². The number of aromatic nitrogens is 2. The fraction of sp³-hybridized carbons (Fsp3) is 0.367. The number of likely N-dealkylation sites (tertiary alicyclic amines) is 1. The molecule has 1 aromatic heterocycles. The predicted molar refractivity (Wildman–Crippen MR) is 166 cm³/mol. The first-order chi connectivity index (χ1) is 20.8. The molecule has 0 atom stereocenters. The van der Waals surface area contributed by atoms with Crippen molar-refractivity contribution in [1.29, 1.82) is 0 Å². The van der Waals surface area contributed by atoms with Gasteiger partial charge in [-0.05, 0) is 49.8 Å². The van der Waals surface area contributed by atoms with Gasteiger partial charge in [0.05, 0.1) is 6.42 Å². The van der Waals surface area contributed by atoms with E-state index in [1.54, 1.807) is 11.0 Å². The van der Waals surface area contributed by atoms with Crippen LogP contribution in [0.25, 0.3) is 0 Å². The molecule has 3 aromatic rings. The van der Waals surface area contributed by atoms with Gasteiger partial charge in [-0.2, -0.15) is 0 Å². The van der Waals surface area contributed by atoms with Crippen molar-refractivity contribution in [3.63, 3.8) is 0 Å². The number of carbonyl (C=O) groups is 2. The number of thiocarbonyl (C=S) groups is 1. The molecule has 0 unspecified atom stereocenters. The quantitative estimate of drug-likeness (QED) is 0.347. The standard InChI is InChI=1S/C30H35FN8O3S/c1-37-13-15-38(16-14-37)23-9-11-39(12-10-23)30(41)35-26-19-28(33-20-32-26)42-25-8-7-22(18-24(25)31)34-29(43)36-27(40)17-21-5-3-2-4-6-21/h2-8,18-20,23H,9-17H2,1H3,(H,32,33,35,41)(H2,34,36,40,43). The van der Waals surface area contributed by atoms with Gasteiger partial charge < -0.3 is 25.2 Å². The molecule has 2 saturated heterocycles. The second-order valence-electron chi connectivity index (χ2n) is 10.6. The Bertz CT molecular complexity index is 1430. The highest BCUT2D eigenvalue weighted by Crippen LogP contribution is 2.27. The first-order valence-corrected chi connectivity index (χ1v) is 14.7. The summed E-state index contributed by atoms with van der Waals surface area (Å²) in [6.45, 7) is 5.63. The molecule has 11 nitrogen and oxygen atoms in total. The zero-order valence-electron chi connectivity index (χ0n) is 24.0. The number of nitrogens with one attached hydrogen (secondary N) is 3. The summed E-state index contributed by atoms with van der Waals surface area (Å²) < 4.78 is 20.5. The van der Waals surface area contributed by atoms with Crippen LogP contribution in [0.5, 0.6) is 11.6 Å². The molecule has 43 heavy (non-hydrogen) atoms. The number of anilines is 2. The van der Waals surface area contributed by atoms with Crippen molar-refractivity contribution in [1.82, 2.24) is 30.0 Å². The van der Waals surface area contributed by atoms with E-state index in [-0.39, 0.29) is 40.9 Å². The fourth-order valence-electron chi connectivity index (χ4n) is 5.16. The molecular formula is C30H35FN8O3S. The van der Waals surface area contributed by atoms with Crippen LogP contribution in [0, 0.1) is 5.82 Å². The number of likely N-dealkylation sites (N-methyl/N-ethyl adjacent to an activating group) is 1. The normalized spacial score (nSPS) is 16.4. The lowest BCUT2D eigenvalue weighted by Gasteiger charge is -2.42. The molecule has 3 amide bonds. The van der Waals surface area contributed by atoms with E-state index in [0.717, 1.165) is 44.6 Å². The summed E-state index contributed by atoms with van der Waals surface area (Å²) in [4.78, 5) is 39.9. The second-order valence-corrected chi connectivity index (χ2v) is 11.0. The zero-order valence-corrected chi connectivity index (χ0v) is 24.8. The van der Waals surface area contributed by atoms with Gasteiger partial charge in [0.25, 0.3) is 0 Å². The van der Waals surface area contributed by atoms with E-state index in [1.807, 2.05) is 30.3 Å². The van der Waals surface area contributed by atoms with Gasteiger partial charge in [-0.15, -0.1) is 0 Å². The fourth-order valence-corrected chi connectivity index (χ4v) is 5.39. The average Bonchev–Trinajstić information content (AvgIpc) is 2.99. The predicted octanol–water partition coefficient (Wildman–Crippen LogP) is 3.71. The lowest BCUT2D eigenvalue weighted by atomic mass is 10.0. The number of piperidine rings is 1. The molecule has 2 aliphatic heterocycles. The SMILES string of the molecule is CN1CCN(C2CCN(C(=O)Nc3cc(Oc4ccc(NC(=S)NC(=O)Cc5ccccc5)cc4F)ncn3)CC2)CC1. The Hall–Kier alpha value is -4.20. The number of halogens is 1. The van der Waals surface area contributed by atoms with Gasteiger partial charge in [0.15, 0.2) is 16.7 Å². The van der Waals surface area contributed by atoms with E-state index in [9.17, 15) is 14.0 Å². The number of amides is 3. The van der Waals surface area contributed by atoms with Crippen LogP contribution in [0.1, 0.15) is 18.4 Å². The first-order valence-electron chi connectivity index (χ1n) is 14.2. The third-order valence-electron chi connectivity index (χ3n) is 7.55. The second kappa shape index (κ2) is 14.3. The van der Waals surface area contributed by atoms with Crippen molar-refractivity contribution >= 4 is 40.8 Å². The molecular weight excluding hydrogens is 571 g/mol. The average molecular weight is 607 g/mol. The molecule has 3 heterocycles. The van der Waals surface area contributed by atoms with Gasteiger partial charge in [0.1, 0.15) is 12.1 Å². The maximum absolute atomic E-state index is 14.9. The molecule has 226 valence electrons. The van der Waals surface area contributed by atoms with Crippen LogP contribution in [0.15, 0.2) is 60.9 Å². The smallest absolute Gasteiger partial charge is 0.323 e. The van der Waals surface area contributed by atoms with E-state index >= 15 is 0 Å². The van der Waals surface area contributed by atoms with Crippen molar-refractivity contribution in [2.75, 3.05) is 56.9 Å². The molecule has 2 aliphatic rings. The van der Waals surface area contributed by atoms with E-state index < -0.39 is 5.82 Å². The number of ether oxygens (including phenoxy) is 1. The molecule has 0 radical (unpaired) electrons. The summed E-state index contributed by atoms with van der Waals surface area (Å²) in [6, 6.07) is 15.1. The van der Waals surface area contributed by atoms with Crippen LogP contribution >= 0.6 is 12.2 Å². The Labute approximate surface area is 255 Å². The molecule has 13 heteroatoms. The van der Waals surface area contributed by atoms with E-state index in [4.69, 9.17) is 17.0 Å². The number of rotatable bonds is 7. The van der Waals surface area contributed by atoms with Gasteiger partial charge in [-0.25, -0.2) is 19.2 Å². The van der Waals surface area contributed by atoms with Crippen LogP contribution in [-0.2, 0) is 11.2 Å². The summed E-state index contributed by atoms with van der Waals surface area (Å²) in [5.74, 6) is -0.706. The van der Waals surface area contributed by atoms with Crippen LogP contribution in [-0.4, -0.2) is 94.1 Å². The lowest BCUT2D eigenvalue weighted by Crippen LogP contribution is -2.53. The number of hydrogen-bond acceptors (Lipinski definition) is 8. The Morgan fingerprint density at radius 3 is 2.44 bits per heavy atom. The molecule has 0 aliphatic carbocycles. The minimum Gasteiger partial charge on any atom is -0.436 e. The third-order valence-corrected chi connectivity index (χ3v) is 7.75. The largest absolute Gasteiger partial charge is 0.436 e. The molecule has 0 spiro atoms. The van der Waals surface area contributed by atoms with E-state index in [0.29, 0.717) is 24.8 Å². The van der Waals surface area contributed by atoms with Crippen molar-refractivity contribution in [2.45, 2.75) is 25.3 Å². The Kier molecular flexibility index (Phi) is 10.1. The lowest BCUT2D eigenvalue weighted by molar-refractivity contribution is -0.119. The number of piperazine rings is 1. The van der Waals surface area contributed by atoms with Crippen molar-refractivity contribution in [3.05, 3.63) is 72.3 Å². The zero-order chi connectivity index (χ0) is 30.2. The molecule has 0 saturated carbocycles. The topological polar surface area (TPSA) is 115 Å². The van der Waals surface area contributed by atoms with Gasteiger partial charge in [0, 0.05) is 63.1 Å². The highest BCUT2D eigenvalue weighted by Gasteiger charge is 2.28. The molecule has 2 fully saturated rings. The summed E-state index contributed by atoms with van der Waals surface area (Å²) in [5.41, 5.74) is 1.19. The maximum Gasteiger partial charge on any atom is 0.323 e. The molecule has 2 aromatic carbocycles. The molecule has 0 bridgehead atoms. The minimum absolute atomic E-state index is 0.0498. The van der Waals surface area contributed by atoms with Crippen LogP contribution in [0.3, 0.4) is 0 Å². The Morgan fingerprint density at radius 2 is 1.72 bits per heavy atom. The van der Waals surface area contributed by atoms with Crippen LogP contribution in [0.2, 0.25) is 0 Å². The Balaban J connectivity index is 1.09.